The molecule has 0 bridgehead atoms. The maximum absolute atomic E-state index is 13.6. The highest BCUT2D eigenvalue weighted by atomic mass is 35.5. The predicted molar refractivity (Wildman–Crippen MR) is 133 cm³/mol. The Labute approximate surface area is 216 Å². The van der Waals surface area contributed by atoms with E-state index in [-0.39, 0.29) is 21.4 Å². The van der Waals surface area contributed by atoms with Gasteiger partial charge in [-0.1, -0.05) is 71.2 Å². The third-order valence-corrected chi connectivity index (χ3v) is 8.99. The van der Waals surface area contributed by atoms with Crippen molar-refractivity contribution in [3.63, 3.8) is 0 Å². The van der Waals surface area contributed by atoms with Gasteiger partial charge >= 0.3 is 11.9 Å². The second-order valence-corrected chi connectivity index (χ2v) is 11.1. The van der Waals surface area contributed by atoms with Gasteiger partial charge in [0.1, 0.15) is 12.1 Å². The van der Waals surface area contributed by atoms with Crippen LogP contribution in [0.25, 0.3) is 11.1 Å². The number of carbonyl (C=O) groups is 2. The fraction of sp³-hybridized carbons (Fsp3) is 0.167. The number of hydrogen-bond donors (Lipinski definition) is 2. The summed E-state index contributed by atoms with van der Waals surface area (Å²) >= 11 is 18.3. The lowest BCUT2D eigenvalue weighted by Crippen LogP contribution is -2.50. The number of carboxylic acid groups (broad SMARTS) is 2. The fourth-order valence-corrected chi connectivity index (χ4v) is 6.47. The maximum atomic E-state index is 13.6. The van der Waals surface area contributed by atoms with Crippen LogP contribution in [-0.2, 0) is 19.6 Å². The van der Waals surface area contributed by atoms with Crippen molar-refractivity contribution in [3.05, 3.63) is 87.4 Å². The molecular formula is C24H18Cl3NO6S. The molecule has 182 valence electrons. The molecule has 3 aromatic carbocycles. The number of carboxylic acids is 2. The van der Waals surface area contributed by atoms with E-state index >= 15 is 0 Å². The van der Waals surface area contributed by atoms with Gasteiger partial charge in [-0.05, 0) is 53.4 Å². The zero-order valence-electron chi connectivity index (χ0n) is 17.9. The molecule has 3 aromatic rings. The van der Waals surface area contributed by atoms with E-state index in [0.29, 0.717) is 20.5 Å². The smallest absolute Gasteiger partial charge is 0.325 e. The normalized spacial score (nSPS) is 19.5. The summed E-state index contributed by atoms with van der Waals surface area (Å²) in [6, 6.07) is 17.3. The standard InChI is InChI=1S/C24H18Cl3NO6S/c25-16-8-4-14(5-9-16)15-6-10-17(11-7-15)35(33,34)28(13-21(29)30)24(23(31)32)12-19(24)18-2-1-3-20(26)22(18)27/h1-11,19H,12-13H2,(H,29,30)(H,31,32). The van der Waals surface area contributed by atoms with Crippen molar-refractivity contribution in [2.45, 2.75) is 22.8 Å². The molecule has 1 fully saturated rings. The van der Waals surface area contributed by atoms with E-state index in [1.54, 1.807) is 48.5 Å². The Balaban J connectivity index is 1.75. The molecular weight excluding hydrogens is 537 g/mol. The fourth-order valence-electron chi connectivity index (χ4n) is 4.18. The van der Waals surface area contributed by atoms with E-state index in [0.717, 1.165) is 5.56 Å². The van der Waals surface area contributed by atoms with Gasteiger partial charge in [0.05, 0.1) is 14.9 Å². The number of benzene rings is 3. The molecule has 1 aliphatic carbocycles. The minimum absolute atomic E-state index is 0.0993. The molecule has 1 saturated carbocycles. The molecule has 0 spiro atoms. The van der Waals surface area contributed by atoms with Crippen LogP contribution in [0.2, 0.25) is 15.1 Å². The zero-order chi connectivity index (χ0) is 25.5. The van der Waals surface area contributed by atoms with Crippen LogP contribution < -0.4 is 0 Å². The van der Waals surface area contributed by atoms with Crippen molar-refractivity contribution in [1.29, 1.82) is 0 Å². The third-order valence-electron chi connectivity index (χ3n) is 6.00. The summed E-state index contributed by atoms with van der Waals surface area (Å²) in [5.41, 5.74) is -0.195. The van der Waals surface area contributed by atoms with Gasteiger partial charge in [-0.2, -0.15) is 4.31 Å². The Kier molecular flexibility index (Phi) is 6.87. The Bertz CT molecular complexity index is 1410. The quantitative estimate of drug-likeness (QED) is 0.386. The van der Waals surface area contributed by atoms with Crippen molar-refractivity contribution in [2.24, 2.45) is 0 Å². The van der Waals surface area contributed by atoms with Crippen LogP contribution in [0.1, 0.15) is 17.9 Å². The second kappa shape index (κ2) is 9.44. The van der Waals surface area contributed by atoms with E-state index in [1.807, 2.05) is 0 Å². The minimum atomic E-state index is -4.53. The average Bonchev–Trinajstić information content (AvgIpc) is 3.56. The van der Waals surface area contributed by atoms with E-state index in [2.05, 4.69) is 0 Å². The first-order valence-electron chi connectivity index (χ1n) is 10.3. The van der Waals surface area contributed by atoms with Crippen LogP contribution in [0.15, 0.2) is 71.6 Å². The molecule has 4 rings (SSSR count). The zero-order valence-corrected chi connectivity index (χ0v) is 20.9. The lowest BCUT2D eigenvalue weighted by molar-refractivity contribution is -0.145. The van der Waals surface area contributed by atoms with Gasteiger partial charge in [-0.3, -0.25) is 9.59 Å². The molecule has 0 aliphatic heterocycles. The van der Waals surface area contributed by atoms with Crippen molar-refractivity contribution < 1.29 is 28.2 Å². The summed E-state index contributed by atoms with van der Waals surface area (Å²) in [6.45, 7) is -1.04. The van der Waals surface area contributed by atoms with Crippen molar-refractivity contribution >= 4 is 56.8 Å². The van der Waals surface area contributed by atoms with Crippen LogP contribution in [0, 0.1) is 0 Å². The summed E-state index contributed by atoms with van der Waals surface area (Å²) in [5.74, 6) is -3.84. The van der Waals surface area contributed by atoms with E-state index < -0.39 is 40.0 Å². The lowest BCUT2D eigenvalue weighted by Gasteiger charge is -2.28. The largest absolute Gasteiger partial charge is 0.480 e. The van der Waals surface area contributed by atoms with E-state index in [4.69, 9.17) is 34.8 Å². The number of sulfonamides is 1. The Hall–Kier alpha value is -2.62. The molecule has 0 radical (unpaired) electrons. The topological polar surface area (TPSA) is 112 Å². The van der Waals surface area contributed by atoms with Crippen molar-refractivity contribution in [3.8, 4) is 11.1 Å². The van der Waals surface area contributed by atoms with Crippen molar-refractivity contribution in [1.82, 2.24) is 4.31 Å². The molecule has 2 unspecified atom stereocenters. The van der Waals surface area contributed by atoms with Gasteiger partial charge in [0.25, 0.3) is 0 Å². The maximum Gasteiger partial charge on any atom is 0.325 e. The highest BCUT2D eigenvalue weighted by Gasteiger charge is 2.68. The van der Waals surface area contributed by atoms with Gasteiger partial charge in [0.15, 0.2) is 0 Å². The third kappa shape index (κ3) is 4.64. The SMILES string of the molecule is O=C(O)CN(C1(C(=O)O)CC1c1cccc(Cl)c1Cl)S(=O)(=O)c1ccc(-c2ccc(Cl)cc2)cc1. The molecule has 0 saturated heterocycles. The van der Waals surface area contributed by atoms with Crippen LogP contribution in [0.5, 0.6) is 0 Å². The van der Waals surface area contributed by atoms with Crippen LogP contribution in [0.4, 0.5) is 0 Å². The van der Waals surface area contributed by atoms with Gasteiger partial charge in [0, 0.05) is 10.9 Å². The van der Waals surface area contributed by atoms with Crippen molar-refractivity contribution in [2.75, 3.05) is 6.54 Å². The molecule has 1 aliphatic rings. The number of aliphatic carboxylic acids is 2. The Morgan fingerprint density at radius 3 is 2.03 bits per heavy atom. The van der Waals surface area contributed by atoms with Gasteiger partial charge < -0.3 is 10.2 Å². The van der Waals surface area contributed by atoms with Gasteiger partial charge in [-0.15, -0.1) is 0 Å². The van der Waals surface area contributed by atoms with Crippen LogP contribution in [-0.4, -0.2) is 47.0 Å². The Morgan fingerprint density at radius 2 is 1.49 bits per heavy atom. The lowest BCUT2D eigenvalue weighted by atomic mass is 10.1. The van der Waals surface area contributed by atoms with E-state index in [1.165, 1.54) is 18.2 Å². The summed E-state index contributed by atoms with van der Waals surface area (Å²) in [6.07, 6.45) is -0.155. The van der Waals surface area contributed by atoms with Crippen LogP contribution >= 0.6 is 34.8 Å². The first-order chi connectivity index (χ1) is 16.5. The molecule has 7 nitrogen and oxygen atoms in total. The molecule has 0 heterocycles. The molecule has 0 aromatic heterocycles. The first-order valence-corrected chi connectivity index (χ1v) is 12.8. The monoisotopic (exact) mass is 553 g/mol. The summed E-state index contributed by atoms with van der Waals surface area (Å²) in [4.78, 5) is 23.9. The van der Waals surface area contributed by atoms with Crippen LogP contribution in [0.3, 0.4) is 0 Å². The highest BCUT2D eigenvalue weighted by molar-refractivity contribution is 7.89. The second-order valence-electron chi connectivity index (χ2n) is 8.07. The summed E-state index contributed by atoms with van der Waals surface area (Å²) in [7, 11) is -4.53. The Morgan fingerprint density at radius 1 is 0.914 bits per heavy atom. The minimum Gasteiger partial charge on any atom is -0.480 e. The molecule has 2 N–H and O–H groups in total. The highest BCUT2D eigenvalue weighted by Crippen LogP contribution is 2.59. The number of hydrogen-bond acceptors (Lipinski definition) is 4. The molecule has 35 heavy (non-hydrogen) atoms. The van der Waals surface area contributed by atoms with E-state index in [9.17, 15) is 28.2 Å². The summed E-state index contributed by atoms with van der Waals surface area (Å²) in [5, 5.41) is 20.4. The molecule has 2 atom stereocenters. The number of nitrogens with zero attached hydrogens (tertiary/aromatic N) is 1. The van der Waals surface area contributed by atoms with Gasteiger partial charge in [-0.25, -0.2) is 8.42 Å². The molecule has 11 heteroatoms. The predicted octanol–water partition coefficient (Wildman–Crippen LogP) is 5.40. The number of halogens is 3. The summed E-state index contributed by atoms with van der Waals surface area (Å²) < 4.78 is 27.7. The average molecular weight is 555 g/mol. The molecule has 0 amide bonds. The first kappa shape index (κ1) is 25.5. The van der Waals surface area contributed by atoms with Gasteiger partial charge in [0.2, 0.25) is 10.0 Å². The number of rotatable bonds is 8.